The van der Waals surface area contributed by atoms with Gasteiger partial charge in [0.05, 0.1) is 17.5 Å². The van der Waals surface area contributed by atoms with Crippen LogP contribution in [0.15, 0.2) is 46.8 Å². The van der Waals surface area contributed by atoms with Crippen molar-refractivity contribution in [2.24, 2.45) is 5.41 Å². The highest BCUT2D eigenvalue weighted by Gasteiger charge is 2.32. The van der Waals surface area contributed by atoms with Crippen LogP contribution in [0.1, 0.15) is 20.8 Å². The average Bonchev–Trinajstić information content (AvgIpc) is 2.98. The van der Waals surface area contributed by atoms with Crippen molar-refractivity contribution in [3.8, 4) is 0 Å². The fourth-order valence-corrected chi connectivity index (χ4v) is 4.10. The van der Waals surface area contributed by atoms with Crippen LogP contribution >= 0.6 is 11.3 Å². The molecule has 22 heavy (non-hydrogen) atoms. The first-order valence-corrected chi connectivity index (χ1v) is 9.20. The lowest BCUT2D eigenvalue weighted by Gasteiger charge is -2.31. The van der Waals surface area contributed by atoms with Crippen LogP contribution in [0, 0.1) is 5.41 Å². The van der Waals surface area contributed by atoms with Gasteiger partial charge in [0.25, 0.3) is 10.0 Å². The smallest absolute Gasteiger partial charge is 0.266 e. The van der Waals surface area contributed by atoms with Gasteiger partial charge in [0.1, 0.15) is 0 Å². The van der Waals surface area contributed by atoms with Crippen molar-refractivity contribution in [1.82, 2.24) is 4.98 Å². The summed E-state index contributed by atoms with van der Waals surface area (Å²) >= 11 is 1.23. The largest absolute Gasteiger partial charge is 0.391 e. The number of thiazole rings is 1. The number of anilines is 1. The second-order valence-electron chi connectivity index (χ2n) is 6.05. The molecule has 5 nitrogen and oxygen atoms in total. The van der Waals surface area contributed by atoms with Crippen molar-refractivity contribution >= 4 is 26.5 Å². The molecule has 1 unspecified atom stereocenters. The number of aliphatic hydroxyl groups is 1. The van der Waals surface area contributed by atoms with E-state index in [0.717, 1.165) is 0 Å². The normalized spacial score (nSPS) is 13.8. The Kier molecular flexibility index (Phi) is 4.89. The van der Waals surface area contributed by atoms with Gasteiger partial charge in [-0.1, -0.05) is 39.0 Å². The van der Waals surface area contributed by atoms with Crippen LogP contribution in [-0.4, -0.2) is 31.2 Å². The number of nitrogens with zero attached hydrogens (tertiary/aromatic N) is 2. The average molecular weight is 340 g/mol. The molecule has 0 radical (unpaired) electrons. The number of hydrogen-bond donors (Lipinski definition) is 1. The van der Waals surface area contributed by atoms with E-state index in [9.17, 15) is 13.5 Å². The zero-order chi connectivity index (χ0) is 16.4. The first-order chi connectivity index (χ1) is 10.2. The first kappa shape index (κ1) is 16.9. The van der Waals surface area contributed by atoms with Gasteiger partial charge >= 0.3 is 0 Å². The molecule has 0 aliphatic carbocycles. The van der Waals surface area contributed by atoms with Gasteiger partial charge in [0.2, 0.25) is 0 Å². The van der Waals surface area contributed by atoms with Crippen LogP contribution in [-0.2, 0) is 10.0 Å². The minimum absolute atomic E-state index is 0.0335. The highest BCUT2D eigenvalue weighted by Crippen LogP contribution is 2.28. The molecular formula is C15H20N2O3S2. The number of aliphatic hydroxyl groups excluding tert-OH is 1. The molecule has 120 valence electrons. The minimum atomic E-state index is -3.76. The molecule has 1 aromatic heterocycles. The predicted octanol–water partition coefficient (Wildman–Crippen LogP) is 2.75. The Hall–Kier alpha value is -1.44. The van der Waals surface area contributed by atoms with E-state index in [-0.39, 0.29) is 11.4 Å². The summed E-state index contributed by atoms with van der Waals surface area (Å²) in [7, 11) is -3.76. The molecule has 1 heterocycles. The molecule has 0 aliphatic rings. The molecule has 2 rings (SSSR count). The van der Waals surface area contributed by atoms with Crippen LogP contribution < -0.4 is 4.31 Å². The van der Waals surface area contributed by atoms with Gasteiger partial charge in [0, 0.05) is 11.6 Å². The van der Waals surface area contributed by atoms with E-state index in [1.54, 1.807) is 41.9 Å². The van der Waals surface area contributed by atoms with E-state index in [1.807, 2.05) is 20.8 Å². The number of hydrogen-bond acceptors (Lipinski definition) is 5. The Morgan fingerprint density at radius 2 is 1.91 bits per heavy atom. The van der Waals surface area contributed by atoms with Crippen LogP contribution in [0.2, 0.25) is 0 Å². The van der Waals surface area contributed by atoms with Crippen molar-refractivity contribution in [1.29, 1.82) is 0 Å². The minimum Gasteiger partial charge on any atom is -0.391 e. The van der Waals surface area contributed by atoms with Gasteiger partial charge in [-0.2, -0.15) is 0 Å². The number of benzene rings is 1. The maximum absolute atomic E-state index is 12.9. The monoisotopic (exact) mass is 340 g/mol. The Bertz CT molecular complexity index is 692. The molecule has 2 aromatic rings. The van der Waals surface area contributed by atoms with Crippen LogP contribution in [0.5, 0.6) is 0 Å². The highest BCUT2D eigenvalue weighted by atomic mass is 32.2. The number of aromatic nitrogens is 1. The Labute approximate surface area is 135 Å². The van der Waals surface area contributed by atoms with E-state index >= 15 is 0 Å². The molecule has 0 spiro atoms. The van der Waals surface area contributed by atoms with Gasteiger partial charge in [-0.25, -0.2) is 17.7 Å². The fraction of sp³-hybridized carbons (Fsp3) is 0.400. The van der Waals surface area contributed by atoms with Crippen LogP contribution in [0.3, 0.4) is 0 Å². The fourth-order valence-electron chi connectivity index (χ4n) is 1.77. The van der Waals surface area contributed by atoms with Crippen molar-refractivity contribution in [3.63, 3.8) is 0 Å². The number of sulfonamides is 1. The van der Waals surface area contributed by atoms with Crippen molar-refractivity contribution in [2.75, 3.05) is 10.8 Å². The SMILES string of the molecule is CC(C)(C)C(O)CN(c1nccs1)S(=O)(=O)c1ccccc1. The van der Waals surface area contributed by atoms with E-state index in [0.29, 0.717) is 5.13 Å². The predicted molar refractivity (Wildman–Crippen MR) is 88.5 cm³/mol. The van der Waals surface area contributed by atoms with E-state index in [4.69, 9.17) is 0 Å². The molecule has 0 aliphatic heterocycles. The van der Waals surface area contributed by atoms with Gasteiger partial charge in [-0.05, 0) is 17.5 Å². The summed E-state index contributed by atoms with van der Waals surface area (Å²) in [5.74, 6) is 0. The highest BCUT2D eigenvalue weighted by molar-refractivity contribution is 7.93. The van der Waals surface area contributed by atoms with Crippen LogP contribution in [0.25, 0.3) is 0 Å². The topological polar surface area (TPSA) is 70.5 Å². The van der Waals surface area contributed by atoms with Crippen molar-refractivity contribution < 1.29 is 13.5 Å². The zero-order valence-electron chi connectivity index (χ0n) is 12.8. The van der Waals surface area contributed by atoms with Gasteiger partial charge in [0.15, 0.2) is 5.13 Å². The van der Waals surface area contributed by atoms with E-state index in [2.05, 4.69) is 4.98 Å². The molecule has 1 aromatic carbocycles. The van der Waals surface area contributed by atoms with Gasteiger partial charge in [-0.15, -0.1) is 11.3 Å². The summed E-state index contributed by atoms with van der Waals surface area (Å²) in [4.78, 5) is 4.28. The Morgan fingerprint density at radius 3 is 2.41 bits per heavy atom. The molecule has 0 amide bonds. The Balaban J connectivity index is 2.42. The second-order valence-corrected chi connectivity index (χ2v) is 8.78. The summed E-state index contributed by atoms with van der Waals surface area (Å²) in [6, 6.07) is 8.19. The zero-order valence-corrected chi connectivity index (χ0v) is 14.4. The van der Waals surface area contributed by atoms with Gasteiger partial charge in [-0.3, -0.25) is 0 Å². The third kappa shape index (κ3) is 3.66. The quantitative estimate of drug-likeness (QED) is 0.908. The molecule has 0 saturated carbocycles. The van der Waals surface area contributed by atoms with E-state index in [1.165, 1.54) is 15.6 Å². The molecule has 0 fully saturated rings. The second kappa shape index (κ2) is 6.36. The molecule has 0 saturated heterocycles. The maximum Gasteiger partial charge on any atom is 0.266 e. The van der Waals surface area contributed by atoms with Gasteiger partial charge < -0.3 is 5.11 Å². The molecular weight excluding hydrogens is 320 g/mol. The third-order valence-corrected chi connectivity index (χ3v) is 5.98. The van der Waals surface area contributed by atoms with Crippen LogP contribution in [0.4, 0.5) is 5.13 Å². The Morgan fingerprint density at radius 1 is 1.27 bits per heavy atom. The molecule has 0 bridgehead atoms. The van der Waals surface area contributed by atoms with E-state index < -0.39 is 21.5 Å². The third-order valence-electron chi connectivity index (χ3n) is 3.30. The first-order valence-electron chi connectivity index (χ1n) is 6.88. The number of rotatable bonds is 5. The standard InChI is InChI=1S/C15H20N2O3S2/c1-15(2,3)13(18)11-17(14-16-9-10-21-14)22(19,20)12-7-5-4-6-8-12/h4-10,13,18H,11H2,1-3H3. The summed E-state index contributed by atoms with van der Waals surface area (Å²) in [6.45, 7) is 5.57. The summed E-state index contributed by atoms with van der Waals surface area (Å²) in [5.41, 5.74) is -0.429. The molecule has 1 atom stereocenters. The lowest BCUT2D eigenvalue weighted by atomic mass is 9.89. The lowest BCUT2D eigenvalue weighted by Crippen LogP contribution is -2.42. The lowest BCUT2D eigenvalue weighted by molar-refractivity contribution is 0.0718. The molecule has 7 heteroatoms. The van der Waals surface area contributed by atoms with Crippen molar-refractivity contribution in [2.45, 2.75) is 31.8 Å². The summed E-state index contributed by atoms with van der Waals surface area (Å²) in [6.07, 6.45) is 0.742. The van der Waals surface area contributed by atoms with Crippen molar-refractivity contribution in [3.05, 3.63) is 41.9 Å². The summed E-state index contributed by atoms with van der Waals surface area (Å²) in [5, 5.41) is 12.4. The maximum atomic E-state index is 12.9. The molecule has 1 N–H and O–H groups in total. The summed E-state index contributed by atoms with van der Waals surface area (Å²) < 4.78 is 26.9.